The Balaban J connectivity index is 1.77. The summed E-state index contributed by atoms with van der Waals surface area (Å²) in [4.78, 5) is 8.96. The van der Waals surface area contributed by atoms with Crippen LogP contribution in [0.1, 0.15) is 28.3 Å². The lowest BCUT2D eigenvalue weighted by Gasteiger charge is -2.10. The quantitative estimate of drug-likeness (QED) is 0.625. The van der Waals surface area contributed by atoms with Crippen LogP contribution in [0.25, 0.3) is 11.4 Å². The summed E-state index contributed by atoms with van der Waals surface area (Å²) in [7, 11) is 1.62. The van der Waals surface area contributed by atoms with Crippen molar-refractivity contribution in [1.29, 1.82) is 5.26 Å². The molecular weight excluding hydrogens is 348 g/mol. The lowest BCUT2D eigenvalue weighted by atomic mass is 10.1. The number of ether oxygens (including phenoxy) is 1. The molecule has 0 amide bonds. The van der Waals surface area contributed by atoms with E-state index in [0.717, 1.165) is 28.1 Å². The summed E-state index contributed by atoms with van der Waals surface area (Å²) < 4.78 is 10.5. The molecule has 0 saturated heterocycles. The normalized spacial score (nSPS) is 10.6. The maximum atomic E-state index is 9.44. The van der Waals surface area contributed by atoms with Crippen molar-refractivity contribution in [1.82, 2.24) is 15.1 Å². The molecule has 132 valence electrons. The van der Waals surface area contributed by atoms with Gasteiger partial charge in [-0.1, -0.05) is 16.9 Å². The first-order valence-corrected chi connectivity index (χ1v) is 8.99. The van der Waals surface area contributed by atoms with Crippen LogP contribution in [0, 0.1) is 32.1 Å². The zero-order valence-corrected chi connectivity index (χ0v) is 15.8. The van der Waals surface area contributed by atoms with Gasteiger partial charge in [0.2, 0.25) is 11.7 Å². The Kier molecular flexibility index (Phi) is 5.24. The Morgan fingerprint density at radius 2 is 1.85 bits per heavy atom. The number of aromatic nitrogens is 3. The molecule has 3 rings (SSSR count). The van der Waals surface area contributed by atoms with E-state index in [1.165, 1.54) is 11.8 Å². The first-order chi connectivity index (χ1) is 12.5. The summed E-state index contributed by atoms with van der Waals surface area (Å²) in [6, 6.07) is 9.70. The van der Waals surface area contributed by atoms with Crippen molar-refractivity contribution in [3.8, 4) is 23.2 Å². The molecule has 0 N–H and O–H groups in total. The summed E-state index contributed by atoms with van der Waals surface area (Å²) in [6.07, 6.45) is 0. The number of rotatable bonds is 5. The molecule has 0 radical (unpaired) electrons. The molecule has 0 aliphatic heterocycles. The molecule has 7 heteroatoms. The molecule has 0 spiro atoms. The van der Waals surface area contributed by atoms with Crippen molar-refractivity contribution in [3.63, 3.8) is 0 Å². The number of nitriles is 1. The molecule has 1 aromatic carbocycles. The second-order valence-electron chi connectivity index (χ2n) is 5.77. The summed E-state index contributed by atoms with van der Waals surface area (Å²) in [5.41, 5.74) is 4.39. The largest absolute Gasteiger partial charge is 0.497 e. The van der Waals surface area contributed by atoms with Crippen LogP contribution >= 0.6 is 11.8 Å². The van der Waals surface area contributed by atoms with Gasteiger partial charge in [0, 0.05) is 11.3 Å². The van der Waals surface area contributed by atoms with Gasteiger partial charge >= 0.3 is 0 Å². The van der Waals surface area contributed by atoms with Crippen molar-refractivity contribution in [3.05, 3.63) is 52.5 Å². The van der Waals surface area contributed by atoms with Crippen LogP contribution in [0.5, 0.6) is 5.75 Å². The minimum Gasteiger partial charge on any atom is -0.497 e. The van der Waals surface area contributed by atoms with E-state index in [2.05, 4.69) is 21.2 Å². The van der Waals surface area contributed by atoms with Gasteiger partial charge in [-0.3, -0.25) is 0 Å². The number of aryl methyl sites for hydroxylation is 1. The van der Waals surface area contributed by atoms with E-state index >= 15 is 0 Å². The highest BCUT2D eigenvalue weighted by Gasteiger charge is 2.15. The van der Waals surface area contributed by atoms with Gasteiger partial charge in [-0.05, 0) is 56.2 Å². The van der Waals surface area contributed by atoms with E-state index in [1.807, 2.05) is 45.0 Å². The fraction of sp³-hybridized carbons (Fsp3) is 0.263. The van der Waals surface area contributed by atoms with Crippen molar-refractivity contribution in [2.24, 2.45) is 0 Å². The molecule has 0 saturated carbocycles. The summed E-state index contributed by atoms with van der Waals surface area (Å²) in [5, 5.41) is 14.2. The van der Waals surface area contributed by atoms with E-state index in [4.69, 9.17) is 9.26 Å². The fourth-order valence-electron chi connectivity index (χ4n) is 2.45. The molecule has 26 heavy (non-hydrogen) atoms. The molecular formula is C19H18N4O2S. The fourth-order valence-corrected chi connectivity index (χ4v) is 3.37. The molecule has 0 aliphatic rings. The number of pyridine rings is 1. The van der Waals surface area contributed by atoms with Gasteiger partial charge < -0.3 is 9.26 Å². The molecule has 2 aromatic heterocycles. The van der Waals surface area contributed by atoms with Gasteiger partial charge in [-0.25, -0.2) is 4.98 Å². The maximum absolute atomic E-state index is 9.44. The number of hydrogen-bond donors (Lipinski definition) is 0. The van der Waals surface area contributed by atoms with Gasteiger partial charge in [0.25, 0.3) is 0 Å². The van der Waals surface area contributed by atoms with Crippen LogP contribution in [0.3, 0.4) is 0 Å². The van der Waals surface area contributed by atoms with Gasteiger partial charge in [-0.15, -0.1) is 0 Å². The summed E-state index contributed by atoms with van der Waals surface area (Å²) in [5.74, 6) is 2.23. The number of benzene rings is 1. The maximum Gasteiger partial charge on any atom is 0.237 e. The Labute approximate surface area is 156 Å². The molecule has 0 unspecified atom stereocenters. The molecule has 0 aliphatic carbocycles. The third-order valence-corrected chi connectivity index (χ3v) is 5.18. The molecule has 0 bridgehead atoms. The molecule has 0 atom stereocenters. The molecule has 2 heterocycles. The first kappa shape index (κ1) is 18.0. The lowest BCUT2D eigenvalue weighted by molar-refractivity contribution is 0.391. The second kappa shape index (κ2) is 7.58. The van der Waals surface area contributed by atoms with Crippen LogP contribution < -0.4 is 4.74 Å². The van der Waals surface area contributed by atoms with Crippen molar-refractivity contribution in [2.45, 2.75) is 31.6 Å². The van der Waals surface area contributed by atoms with Crippen LogP contribution in [-0.4, -0.2) is 22.2 Å². The van der Waals surface area contributed by atoms with Crippen LogP contribution in [0.15, 0.2) is 33.8 Å². The van der Waals surface area contributed by atoms with Crippen LogP contribution in [0.2, 0.25) is 0 Å². The monoisotopic (exact) mass is 366 g/mol. The third-order valence-electron chi connectivity index (χ3n) is 4.22. The number of methoxy groups -OCH3 is 1. The standard InChI is InChI=1S/C19H18N4O2S/c1-11-12(2)16(9-20)19(21-13(11)3)26-10-17-22-18(23-25-17)14-5-7-15(24-4)8-6-14/h5-8H,10H2,1-4H3. The van der Waals surface area contributed by atoms with E-state index in [1.54, 1.807) is 7.11 Å². The topological polar surface area (TPSA) is 84.8 Å². The van der Waals surface area contributed by atoms with E-state index in [9.17, 15) is 5.26 Å². The Hall–Kier alpha value is -2.85. The van der Waals surface area contributed by atoms with Crippen molar-refractivity contribution >= 4 is 11.8 Å². The first-order valence-electron chi connectivity index (χ1n) is 8.01. The van der Waals surface area contributed by atoms with Gasteiger partial charge in [0.15, 0.2) is 0 Å². The second-order valence-corrected chi connectivity index (χ2v) is 6.73. The van der Waals surface area contributed by atoms with Gasteiger partial charge in [0.05, 0.1) is 18.4 Å². The average molecular weight is 366 g/mol. The predicted molar refractivity (Wildman–Crippen MR) is 99.0 cm³/mol. The zero-order valence-electron chi connectivity index (χ0n) is 15.0. The highest BCUT2D eigenvalue weighted by atomic mass is 32.2. The van der Waals surface area contributed by atoms with Gasteiger partial charge in [-0.2, -0.15) is 10.2 Å². The summed E-state index contributed by atoms with van der Waals surface area (Å²) in [6.45, 7) is 5.87. The van der Waals surface area contributed by atoms with Gasteiger partial charge in [0.1, 0.15) is 16.8 Å². The van der Waals surface area contributed by atoms with Crippen molar-refractivity contribution < 1.29 is 9.26 Å². The van der Waals surface area contributed by atoms with E-state index in [-0.39, 0.29) is 0 Å². The van der Waals surface area contributed by atoms with E-state index in [0.29, 0.717) is 28.1 Å². The Morgan fingerprint density at radius 1 is 1.12 bits per heavy atom. The highest BCUT2D eigenvalue weighted by Crippen LogP contribution is 2.29. The number of thioether (sulfide) groups is 1. The zero-order chi connectivity index (χ0) is 18.7. The number of hydrogen-bond acceptors (Lipinski definition) is 7. The summed E-state index contributed by atoms with van der Waals surface area (Å²) >= 11 is 1.43. The SMILES string of the molecule is COc1ccc(-c2noc(CSc3nc(C)c(C)c(C)c3C#N)n2)cc1. The Bertz CT molecular complexity index is 974. The smallest absolute Gasteiger partial charge is 0.237 e. The lowest BCUT2D eigenvalue weighted by Crippen LogP contribution is -1.99. The molecule has 3 aromatic rings. The Morgan fingerprint density at radius 3 is 2.50 bits per heavy atom. The van der Waals surface area contributed by atoms with Crippen molar-refractivity contribution in [2.75, 3.05) is 7.11 Å². The predicted octanol–water partition coefficient (Wildman–Crippen LogP) is 4.23. The molecule has 6 nitrogen and oxygen atoms in total. The minimum atomic E-state index is 0.451. The number of nitrogens with zero attached hydrogens (tertiary/aromatic N) is 4. The third kappa shape index (κ3) is 3.55. The van der Waals surface area contributed by atoms with Crippen LogP contribution in [-0.2, 0) is 5.75 Å². The highest BCUT2D eigenvalue weighted by molar-refractivity contribution is 7.98. The molecule has 0 fully saturated rings. The van der Waals surface area contributed by atoms with E-state index < -0.39 is 0 Å². The minimum absolute atomic E-state index is 0.451. The average Bonchev–Trinajstić information content (AvgIpc) is 3.13. The van der Waals surface area contributed by atoms with Crippen LogP contribution in [0.4, 0.5) is 0 Å².